The standard InChI is InChI=1S/C9H9FN2O2/c10-12(9(14)11-6-7-13)8-4-2-1-3-5-8/h1-5,7H,6H2,(H,11,14). The molecule has 1 rings (SSSR count). The van der Waals surface area contributed by atoms with Gasteiger partial charge in [0.25, 0.3) is 0 Å². The molecular formula is C9H9FN2O2. The van der Waals surface area contributed by atoms with E-state index in [0.717, 1.165) is 0 Å². The summed E-state index contributed by atoms with van der Waals surface area (Å²) >= 11 is 0. The number of benzene rings is 1. The zero-order valence-electron chi connectivity index (χ0n) is 7.31. The average Bonchev–Trinajstić information content (AvgIpc) is 2.26. The molecule has 2 amide bonds. The van der Waals surface area contributed by atoms with Crippen molar-refractivity contribution in [3.05, 3.63) is 30.3 Å². The van der Waals surface area contributed by atoms with Crippen molar-refractivity contribution in [3.63, 3.8) is 0 Å². The highest BCUT2D eigenvalue weighted by molar-refractivity contribution is 5.90. The van der Waals surface area contributed by atoms with Gasteiger partial charge >= 0.3 is 6.03 Å². The second-order valence-electron chi connectivity index (χ2n) is 2.47. The van der Waals surface area contributed by atoms with E-state index in [1.54, 1.807) is 18.2 Å². The van der Waals surface area contributed by atoms with Crippen LogP contribution >= 0.6 is 0 Å². The summed E-state index contributed by atoms with van der Waals surface area (Å²) in [7, 11) is 0. The Kier molecular flexibility index (Phi) is 3.60. The van der Waals surface area contributed by atoms with Gasteiger partial charge in [-0.05, 0) is 12.1 Å². The maximum atomic E-state index is 13.2. The Morgan fingerprint density at radius 3 is 2.64 bits per heavy atom. The van der Waals surface area contributed by atoms with Gasteiger partial charge in [-0.25, -0.2) is 4.79 Å². The molecule has 0 aromatic heterocycles. The van der Waals surface area contributed by atoms with Gasteiger partial charge in [-0.15, -0.1) is 5.12 Å². The largest absolute Gasteiger partial charge is 0.350 e. The van der Waals surface area contributed by atoms with Crippen molar-refractivity contribution in [1.29, 1.82) is 0 Å². The quantitative estimate of drug-likeness (QED) is 0.585. The van der Waals surface area contributed by atoms with Gasteiger partial charge in [-0.2, -0.15) is 0 Å². The average molecular weight is 196 g/mol. The number of urea groups is 1. The summed E-state index contributed by atoms with van der Waals surface area (Å²) in [6, 6.07) is 6.86. The molecule has 0 unspecified atom stereocenters. The minimum Gasteiger partial charge on any atom is -0.329 e. The van der Waals surface area contributed by atoms with E-state index in [-0.39, 0.29) is 17.4 Å². The number of carbonyl (C=O) groups is 2. The number of nitrogens with one attached hydrogen (secondary N) is 1. The van der Waals surface area contributed by atoms with E-state index >= 15 is 0 Å². The van der Waals surface area contributed by atoms with E-state index < -0.39 is 6.03 Å². The zero-order chi connectivity index (χ0) is 10.4. The number of nitrogens with zero attached hydrogens (tertiary/aromatic N) is 1. The van der Waals surface area contributed by atoms with Gasteiger partial charge < -0.3 is 10.1 Å². The number of hydrogen-bond acceptors (Lipinski definition) is 2. The van der Waals surface area contributed by atoms with Crippen molar-refractivity contribution in [3.8, 4) is 0 Å². The molecular weight excluding hydrogens is 187 g/mol. The SMILES string of the molecule is O=CCNC(=O)N(F)c1ccccc1. The summed E-state index contributed by atoms with van der Waals surface area (Å²) in [6.07, 6.45) is 0.483. The lowest BCUT2D eigenvalue weighted by molar-refractivity contribution is -0.107. The van der Waals surface area contributed by atoms with Crippen molar-refractivity contribution in [2.45, 2.75) is 0 Å². The predicted octanol–water partition coefficient (Wildman–Crippen LogP) is 1.29. The first-order valence-corrected chi connectivity index (χ1v) is 3.98. The Hall–Kier alpha value is -1.91. The highest BCUT2D eigenvalue weighted by Gasteiger charge is 2.13. The number of aldehydes is 1. The third-order valence-corrected chi connectivity index (χ3v) is 1.50. The Bertz CT molecular complexity index is 316. The van der Waals surface area contributed by atoms with Crippen molar-refractivity contribution in [2.24, 2.45) is 0 Å². The van der Waals surface area contributed by atoms with Crippen LogP contribution in [0.5, 0.6) is 0 Å². The van der Waals surface area contributed by atoms with E-state index in [2.05, 4.69) is 5.32 Å². The van der Waals surface area contributed by atoms with E-state index in [4.69, 9.17) is 0 Å². The highest BCUT2D eigenvalue weighted by Crippen LogP contribution is 2.12. The smallest absolute Gasteiger partial charge is 0.329 e. The molecule has 4 nitrogen and oxygen atoms in total. The van der Waals surface area contributed by atoms with Crippen LogP contribution in [0, 0.1) is 0 Å². The molecule has 0 aliphatic rings. The first-order chi connectivity index (χ1) is 6.75. The summed E-state index contributed by atoms with van der Waals surface area (Å²) in [5.74, 6) is 0. The summed E-state index contributed by atoms with van der Waals surface area (Å²) in [5, 5.41) is 2.02. The summed E-state index contributed by atoms with van der Waals surface area (Å²) in [5.41, 5.74) is 0.121. The molecule has 1 aromatic rings. The topological polar surface area (TPSA) is 49.4 Å². The summed E-state index contributed by atoms with van der Waals surface area (Å²) < 4.78 is 13.2. The molecule has 0 aliphatic heterocycles. The lowest BCUT2D eigenvalue weighted by Gasteiger charge is -2.11. The van der Waals surface area contributed by atoms with Crippen LogP contribution in [0.2, 0.25) is 0 Å². The van der Waals surface area contributed by atoms with E-state index in [9.17, 15) is 14.1 Å². The highest BCUT2D eigenvalue weighted by atomic mass is 19.2. The lowest BCUT2D eigenvalue weighted by Crippen LogP contribution is -2.35. The fourth-order valence-corrected chi connectivity index (χ4v) is 0.875. The molecule has 0 radical (unpaired) electrons. The van der Waals surface area contributed by atoms with Crippen LogP contribution in [0.3, 0.4) is 0 Å². The molecule has 1 aromatic carbocycles. The number of halogens is 1. The van der Waals surface area contributed by atoms with Gasteiger partial charge in [0.05, 0.1) is 12.2 Å². The fourth-order valence-electron chi connectivity index (χ4n) is 0.875. The molecule has 0 spiro atoms. The second-order valence-corrected chi connectivity index (χ2v) is 2.47. The number of para-hydroxylation sites is 1. The van der Waals surface area contributed by atoms with Crippen LogP contribution in [0.25, 0.3) is 0 Å². The zero-order valence-corrected chi connectivity index (χ0v) is 7.31. The fraction of sp³-hybridized carbons (Fsp3) is 0.111. The first kappa shape index (κ1) is 10.2. The molecule has 0 heterocycles. The Labute approximate surface area is 80.3 Å². The third kappa shape index (κ3) is 2.55. The van der Waals surface area contributed by atoms with Crippen molar-refractivity contribution in [2.75, 3.05) is 11.7 Å². The maximum Gasteiger partial charge on any atom is 0.350 e. The van der Waals surface area contributed by atoms with Crippen molar-refractivity contribution < 1.29 is 14.1 Å². The van der Waals surface area contributed by atoms with Gasteiger partial charge in [0.1, 0.15) is 6.29 Å². The first-order valence-electron chi connectivity index (χ1n) is 3.98. The Morgan fingerprint density at radius 1 is 1.43 bits per heavy atom. The number of hydrogen-bond donors (Lipinski definition) is 1. The molecule has 0 bridgehead atoms. The van der Waals surface area contributed by atoms with Crippen LogP contribution in [0.4, 0.5) is 15.0 Å². The summed E-state index contributed by atoms with van der Waals surface area (Å²) in [6.45, 7) is -0.202. The van der Waals surface area contributed by atoms with Crippen LogP contribution in [-0.2, 0) is 4.79 Å². The Morgan fingerprint density at radius 2 is 2.07 bits per heavy atom. The van der Waals surface area contributed by atoms with E-state index in [1.165, 1.54) is 12.1 Å². The molecule has 74 valence electrons. The third-order valence-electron chi connectivity index (χ3n) is 1.50. The molecule has 0 saturated carbocycles. The van der Waals surface area contributed by atoms with Gasteiger partial charge in [0.15, 0.2) is 0 Å². The monoisotopic (exact) mass is 196 g/mol. The van der Waals surface area contributed by atoms with E-state index in [1.807, 2.05) is 0 Å². The maximum absolute atomic E-state index is 13.2. The van der Waals surface area contributed by atoms with Gasteiger partial charge in [-0.3, -0.25) is 0 Å². The normalized spacial score (nSPS) is 9.21. The van der Waals surface area contributed by atoms with Crippen LogP contribution < -0.4 is 10.4 Å². The molecule has 0 atom stereocenters. The summed E-state index contributed by atoms with van der Waals surface area (Å²) in [4.78, 5) is 20.9. The number of anilines is 1. The van der Waals surface area contributed by atoms with Gasteiger partial charge in [0.2, 0.25) is 0 Å². The lowest BCUT2D eigenvalue weighted by atomic mass is 10.3. The van der Waals surface area contributed by atoms with Crippen LogP contribution in [0.1, 0.15) is 0 Å². The van der Waals surface area contributed by atoms with E-state index in [0.29, 0.717) is 6.29 Å². The van der Waals surface area contributed by atoms with Crippen molar-refractivity contribution >= 4 is 18.0 Å². The van der Waals surface area contributed by atoms with Gasteiger partial charge in [0, 0.05) is 0 Å². The minimum atomic E-state index is -0.955. The molecule has 5 heteroatoms. The number of carbonyl (C=O) groups excluding carboxylic acids is 2. The minimum absolute atomic E-state index is 0.0521. The van der Waals surface area contributed by atoms with Crippen molar-refractivity contribution in [1.82, 2.24) is 5.32 Å². The van der Waals surface area contributed by atoms with Crippen LogP contribution in [-0.4, -0.2) is 18.9 Å². The molecule has 0 fully saturated rings. The Balaban J connectivity index is 2.61. The number of rotatable bonds is 3. The number of amides is 2. The molecule has 1 N–H and O–H groups in total. The molecule has 0 saturated heterocycles. The van der Waals surface area contributed by atoms with Crippen LogP contribution in [0.15, 0.2) is 30.3 Å². The second kappa shape index (κ2) is 4.96. The molecule has 0 aliphatic carbocycles. The predicted molar refractivity (Wildman–Crippen MR) is 49.5 cm³/mol. The molecule has 14 heavy (non-hydrogen) atoms. The van der Waals surface area contributed by atoms with Gasteiger partial charge in [-0.1, -0.05) is 22.7 Å².